The van der Waals surface area contributed by atoms with Gasteiger partial charge in [0.15, 0.2) is 17.5 Å². The highest BCUT2D eigenvalue weighted by Gasteiger charge is 2.20. The van der Waals surface area contributed by atoms with Crippen LogP contribution in [0.5, 0.6) is 11.5 Å². The Morgan fingerprint density at radius 1 is 1.25 bits per heavy atom. The van der Waals surface area contributed by atoms with Crippen molar-refractivity contribution in [1.29, 1.82) is 0 Å². The lowest BCUT2D eigenvalue weighted by atomic mass is 10.0. The maximum atomic E-state index is 6.07. The van der Waals surface area contributed by atoms with E-state index in [-0.39, 0.29) is 0 Å². The quantitative estimate of drug-likeness (QED) is 0.654. The number of benzene rings is 1. The largest absolute Gasteiger partial charge is 0.490 e. The minimum Gasteiger partial charge on any atom is -0.490 e. The van der Waals surface area contributed by atoms with Crippen LogP contribution in [0.1, 0.15) is 32.6 Å². The highest BCUT2D eigenvalue weighted by molar-refractivity contribution is 5.92. The van der Waals surface area contributed by atoms with E-state index in [9.17, 15) is 0 Å². The topological polar surface area (TPSA) is 72.1 Å². The first-order valence-corrected chi connectivity index (χ1v) is 8.97. The van der Waals surface area contributed by atoms with Crippen molar-refractivity contribution in [3.63, 3.8) is 0 Å². The van der Waals surface area contributed by atoms with Gasteiger partial charge in [-0.05, 0) is 38.1 Å². The summed E-state index contributed by atoms with van der Waals surface area (Å²) in [6.07, 6.45) is 4.68. The van der Waals surface area contributed by atoms with Crippen molar-refractivity contribution in [2.75, 3.05) is 38.2 Å². The molecule has 0 radical (unpaired) electrons. The number of piperidine rings is 1. The number of fused-ring (bicyclic) bond motifs is 1. The van der Waals surface area contributed by atoms with E-state index in [0.29, 0.717) is 25.2 Å². The molecule has 0 aliphatic carbocycles. The van der Waals surface area contributed by atoms with Crippen molar-refractivity contribution in [3.05, 3.63) is 18.2 Å². The molecule has 1 aromatic carbocycles. The second-order valence-corrected chi connectivity index (χ2v) is 6.34. The molecule has 1 aromatic rings. The van der Waals surface area contributed by atoms with E-state index in [2.05, 4.69) is 22.1 Å². The predicted molar refractivity (Wildman–Crippen MR) is 97.0 cm³/mol. The molecule has 132 valence electrons. The average molecular weight is 332 g/mol. The monoisotopic (exact) mass is 332 g/mol. The molecule has 6 nitrogen and oxygen atoms in total. The van der Waals surface area contributed by atoms with Gasteiger partial charge in [-0.3, -0.25) is 9.89 Å². The second-order valence-electron chi connectivity index (χ2n) is 6.34. The minimum atomic E-state index is 0.450. The first kappa shape index (κ1) is 16.9. The van der Waals surface area contributed by atoms with Crippen LogP contribution in [0.25, 0.3) is 0 Å². The maximum Gasteiger partial charge on any atom is 0.193 e. The summed E-state index contributed by atoms with van der Waals surface area (Å²) < 4.78 is 11.3. The number of rotatable bonds is 4. The summed E-state index contributed by atoms with van der Waals surface area (Å²) in [7, 11) is 0. The van der Waals surface area contributed by atoms with Crippen molar-refractivity contribution >= 4 is 11.6 Å². The van der Waals surface area contributed by atoms with Gasteiger partial charge in [0.2, 0.25) is 0 Å². The Kier molecular flexibility index (Phi) is 5.80. The lowest BCUT2D eigenvalue weighted by molar-refractivity contribution is 0.161. The van der Waals surface area contributed by atoms with Crippen LogP contribution in [-0.4, -0.2) is 49.7 Å². The van der Waals surface area contributed by atoms with Gasteiger partial charge >= 0.3 is 0 Å². The molecule has 0 amide bonds. The highest BCUT2D eigenvalue weighted by Crippen LogP contribution is 2.32. The number of hydrogen-bond acceptors (Lipinski definition) is 4. The fraction of sp³-hybridized carbons (Fsp3) is 0.611. The van der Waals surface area contributed by atoms with Gasteiger partial charge in [0, 0.05) is 24.2 Å². The van der Waals surface area contributed by atoms with Crippen molar-refractivity contribution in [2.45, 2.75) is 38.6 Å². The fourth-order valence-electron chi connectivity index (χ4n) is 3.32. The number of hydrogen-bond donors (Lipinski definition) is 2. The first-order valence-electron chi connectivity index (χ1n) is 8.97. The zero-order valence-corrected chi connectivity index (χ0v) is 14.5. The molecule has 3 N–H and O–H groups in total. The molecule has 2 aliphatic heterocycles. The van der Waals surface area contributed by atoms with Crippen LogP contribution in [0.4, 0.5) is 5.69 Å². The molecule has 1 saturated heterocycles. The van der Waals surface area contributed by atoms with Crippen molar-refractivity contribution < 1.29 is 9.47 Å². The van der Waals surface area contributed by atoms with Crippen LogP contribution >= 0.6 is 0 Å². The molecule has 0 saturated carbocycles. The SMILES string of the molecule is CCN1CCCCC1CN=C(N)Nc1ccc2c(c1)OCCCO2. The van der Waals surface area contributed by atoms with Crippen LogP contribution < -0.4 is 20.5 Å². The number of likely N-dealkylation sites (tertiary alicyclic amines) is 1. The minimum absolute atomic E-state index is 0.450. The molecular formula is C18H28N4O2. The second kappa shape index (κ2) is 8.24. The highest BCUT2D eigenvalue weighted by atomic mass is 16.5. The van der Waals surface area contributed by atoms with Gasteiger partial charge < -0.3 is 20.5 Å². The van der Waals surface area contributed by atoms with Gasteiger partial charge in [0.25, 0.3) is 0 Å². The number of likely N-dealkylation sites (N-methyl/N-ethyl adjacent to an activating group) is 1. The molecule has 0 spiro atoms. The number of nitrogens with zero attached hydrogens (tertiary/aromatic N) is 2. The number of aliphatic imine (C=N–C) groups is 1. The smallest absolute Gasteiger partial charge is 0.193 e. The summed E-state index contributed by atoms with van der Waals surface area (Å²) in [5.41, 5.74) is 6.94. The molecule has 1 atom stereocenters. The van der Waals surface area contributed by atoms with E-state index in [4.69, 9.17) is 15.2 Å². The number of anilines is 1. The fourth-order valence-corrected chi connectivity index (χ4v) is 3.32. The summed E-state index contributed by atoms with van der Waals surface area (Å²) in [5.74, 6) is 2.00. The van der Waals surface area contributed by atoms with Gasteiger partial charge in [-0.25, -0.2) is 0 Å². The van der Waals surface area contributed by atoms with Gasteiger partial charge in [-0.2, -0.15) is 0 Å². The van der Waals surface area contributed by atoms with Crippen molar-refractivity contribution in [3.8, 4) is 11.5 Å². The molecule has 0 bridgehead atoms. The van der Waals surface area contributed by atoms with Crippen molar-refractivity contribution in [1.82, 2.24) is 4.90 Å². The molecule has 6 heteroatoms. The Hall–Kier alpha value is -1.95. The maximum absolute atomic E-state index is 6.07. The number of nitrogens with one attached hydrogen (secondary N) is 1. The Labute approximate surface area is 144 Å². The van der Waals surface area contributed by atoms with Crippen LogP contribution in [0.2, 0.25) is 0 Å². The molecule has 1 unspecified atom stereocenters. The van der Waals surface area contributed by atoms with E-state index in [1.165, 1.54) is 25.8 Å². The summed E-state index contributed by atoms with van der Waals surface area (Å²) >= 11 is 0. The summed E-state index contributed by atoms with van der Waals surface area (Å²) in [6.45, 7) is 6.58. The van der Waals surface area contributed by atoms with E-state index < -0.39 is 0 Å². The van der Waals surface area contributed by atoms with E-state index in [1.807, 2.05) is 18.2 Å². The summed E-state index contributed by atoms with van der Waals surface area (Å²) in [6, 6.07) is 6.28. The van der Waals surface area contributed by atoms with Crippen LogP contribution in [0, 0.1) is 0 Å². The Morgan fingerprint density at radius 2 is 2.08 bits per heavy atom. The molecule has 0 aromatic heterocycles. The average Bonchev–Trinajstić information content (AvgIpc) is 2.85. The zero-order valence-electron chi connectivity index (χ0n) is 14.5. The third-order valence-electron chi connectivity index (χ3n) is 4.65. The lowest BCUT2D eigenvalue weighted by Crippen LogP contribution is -2.41. The molecule has 2 aliphatic rings. The predicted octanol–water partition coefficient (Wildman–Crippen LogP) is 2.45. The van der Waals surface area contributed by atoms with Gasteiger partial charge in [-0.1, -0.05) is 13.3 Å². The van der Waals surface area contributed by atoms with Crippen molar-refractivity contribution in [2.24, 2.45) is 10.7 Å². The van der Waals surface area contributed by atoms with E-state index >= 15 is 0 Å². The Bertz CT molecular complexity index is 576. The normalized spacial score (nSPS) is 22.0. The Morgan fingerprint density at radius 3 is 2.92 bits per heavy atom. The van der Waals surface area contributed by atoms with Gasteiger partial charge in [0.1, 0.15) is 0 Å². The molecular weight excluding hydrogens is 304 g/mol. The summed E-state index contributed by atoms with van der Waals surface area (Å²) in [4.78, 5) is 7.04. The zero-order chi connectivity index (χ0) is 16.8. The number of nitrogens with two attached hydrogens (primary N) is 1. The first-order chi connectivity index (χ1) is 11.8. The van der Waals surface area contributed by atoms with Gasteiger partial charge in [-0.15, -0.1) is 0 Å². The van der Waals surface area contributed by atoms with E-state index in [1.54, 1.807) is 0 Å². The third kappa shape index (κ3) is 4.32. The molecule has 3 rings (SSSR count). The summed E-state index contributed by atoms with van der Waals surface area (Å²) in [5, 5.41) is 3.16. The molecule has 2 heterocycles. The van der Waals surface area contributed by atoms with Crippen LogP contribution in [-0.2, 0) is 0 Å². The molecule has 24 heavy (non-hydrogen) atoms. The number of ether oxygens (including phenoxy) is 2. The Balaban J connectivity index is 1.59. The number of guanidine groups is 1. The standard InChI is InChI=1S/C18H28N4O2/c1-2-22-9-4-3-6-15(22)13-20-18(19)21-14-7-8-16-17(12-14)24-11-5-10-23-16/h7-8,12,15H,2-6,9-11,13H2,1H3,(H3,19,20,21). The van der Waals surface area contributed by atoms with Gasteiger partial charge in [0.05, 0.1) is 19.8 Å². The third-order valence-corrected chi connectivity index (χ3v) is 4.65. The molecule has 1 fully saturated rings. The van der Waals surface area contributed by atoms with Crippen LogP contribution in [0.3, 0.4) is 0 Å². The van der Waals surface area contributed by atoms with Crippen LogP contribution in [0.15, 0.2) is 23.2 Å². The lowest BCUT2D eigenvalue weighted by Gasteiger charge is -2.33. The van der Waals surface area contributed by atoms with E-state index in [0.717, 1.165) is 36.7 Å².